The number of hydrogen-bond acceptors (Lipinski definition) is 10. The molecule has 12 nitrogen and oxygen atoms in total. The van der Waals surface area contributed by atoms with Crippen LogP contribution in [0.2, 0.25) is 0 Å². The fourth-order valence-corrected chi connectivity index (χ4v) is 2.81. The maximum Gasteiger partial charge on any atom is 0.413 e. The molecular weight excluding hydrogens is 456 g/mol. The lowest BCUT2D eigenvalue weighted by molar-refractivity contribution is -0.139. The summed E-state index contributed by atoms with van der Waals surface area (Å²) in [6.07, 6.45) is -0.736. The summed E-state index contributed by atoms with van der Waals surface area (Å²) in [5, 5.41) is 16.7. The molecule has 0 aliphatic rings. The molecule has 1 aromatic heterocycles. The molecule has 0 aliphatic carbocycles. The molecule has 0 bridgehead atoms. The first-order valence-corrected chi connectivity index (χ1v) is 10.4. The van der Waals surface area contributed by atoms with E-state index in [1.807, 2.05) is 0 Å². The average Bonchev–Trinajstić information content (AvgIpc) is 3.17. The minimum Gasteiger partial charge on any atom is -0.497 e. The van der Waals surface area contributed by atoms with Gasteiger partial charge < -0.3 is 19.4 Å². The topological polar surface area (TPSA) is 158 Å². The lowest BCUT2D eigenvalue weighted by Gasteiger charge is -2.18. The maximum atomic E-state index is 11.8. The number of carboxylic acid groups (broad SMARTS) is 1. The number of aromatic nitrogens is 1. The van der Waals surface area contributed by atoms with E-state index >= 15 is 0 Å². The van der Waals surface area contributed by atoms with Crippen molar-refractivity contribution < 1.29 is 38.6 Å². The van der Waals surface area contributed by atoms with Gasteiger partial charge in [0.05, 0.1) is 13.7 Å². The highest BCUT2D eigenvalue weighted by Crippen LogP contribution is 2.18. The molecule has 0 fully saturated rings. The number of amides is 2. The van der Waals surface area contributed by atoms with E-state index in [0.717, 1.165) is 16.9 Å². The van der Waals surface area contributed by atoms with Crippen molar-refractivity contribution >= 4 is 40.1 Å². The number of ether oxygens (including phenoxy) is 2. The van der Waals surface area contributed by atoms with Gasteiger partial charge in [0.1, 0.15) is 17.0 Å². The predicted octanol–water partition coefficient (Wildman–Crippen LogP) is 2.55. The van der Waals surface area contributed by atoms with Crippen LogP contribution < -0.4 is 15.5 Å². The number of carboxylic acids is 1. The molecule has 0 aliphatic heterocycles. The Bertz CT molecular complexity index is 998. The van der Waals surface area contributed by atoms with Crippen LogP contribution in [0.25, 0.3) is 0 Å². The zero-order valence-electron chi connectivity index (χ0n) is 18.4. The highest BCUT2D eigenvalue weighted by atomic mass is 32.1. The fourth-order valence-electron chi connectivity index (χ4n) is 2.13. The molecular formula is C20H24N4O8S. The highest BCUT2D eigenvalue weighted by Gasteiger charge is 2.21. The van der Waals surface area contributed by atoms with E-state index in [0.29, 0.717) is 5.75 Å². The second-order valence-corrected chi connectivity index (χ2v) is 8.20. The molecule has 13 heteroatoms. The third-order valence-corrected chi connectivity index (χ3v) is 4.25. The number of carbonyl (C=O) groups excluding carboxylic acids is 2. The quantitative estimate of drug-likeness (QED) is 0.343. The van der Waals surface area contributed by atoms with Gasteiger partial charge in [0.2, 0.25) is 5.71 Å². The van der Waals surface area contributed by atoms with Gasteiger partial charge in [-0.2, -0.15) is 0 Å². The molecule has 2 rings (SSSR count). The largest absolute Gasteiger partial charge is 0.497 e. The van der Waals surface area contributed by atoms with Crippen LogP contribution in [-0.2, 0) is 30.6 Å². The minimum absolute atomic E-state index is 0.0604. The Morgan fingerprint density at radius 2 is 1.88 bits per heavy atom. The molecule has 0 atom stereocenters. The Balaban J connectivity index is 1.84. The van der Waals surface area contributed by atoms with Gasteiger partial charge in [0.15, 0.2) is 11.7 Å². The van der Waals surface area contributed by atoms with E-state index in [1.54, 1.807) is 52.1 Å². The lowest BCUT2D eigenvalue weighted by atomic mass is 10.2. The Labute approximate surface area is 193 Å². The van der Waals surface area contributed by atoms with Crippen LogP contribution in [0, 0.1) is 0 Å². The molecule has 0 saturated carbocycles. The number of benzene rings is 1. The number of oxime groups is 1. The fraction of sp³-hybridized carbons (Fsp3) is 0.350. The number of hydroxylamine groups is 1. The van der Waals surface area contributed by atoms with E-state index in [1.165, 1.54) is 5.38 Å². The monoisotopic (exact) mass is 480 g/mol. The standard InChI is InChI=1S/C20H24N4O8S/c1-20(2,3)32-19(28)22-18-21-14(11-33-18)16(17(26)27)24-31-10-15(25)23-30-9-12-5-7-13(29-4)8-6-12/h5-8,11H,9-10H2,1-4H3,(H,23,25)(H,26,27)(H,21,22,28)/b24-16-. The summed E-state index contributed by atoms with van der Waals surface area (Å²) in [6.45, 7) is 4.62. The van der Waals surface area contributed by atoms with Crippen LogP contribution in [0.4, 0.5) is 9.93 Å². The first kappa shape index (κ1) is 25.5. The normalized spacial score (nSPS) is 11.5. The Kier molecular flexibility index (Phi) is 9.12. The summed E-state index contributed by atoms with van der Waals surface area (Å²) in [7, 11) is 1.55. The van der Waals surface area contributed by atoms with Crippen LogP contribution in [0.5, 0.6) is 5.75 Å². The smallest absolute Gasteiger partial charge is 0.413 e. The highest BCUT2D eigenvalue weighted by molar-refractivity contribution is 7.14. The van der Waals surface area contributed by atoms with Crippen LogP contribution in [0.1, 0.15) is 32.0 Å². The molecule has 1 aromatic carbocycles. The summed E-state index contributed by atoms with van der Waals surface area (Å²) in [5.74, 6) is -1.42. The third kappa shape index (κ3) is 9.13. The van der Waals surface area contributed by atoms with Crippen molar-refractivity contribution in [3.8, 4) is 5.75 Å². The SMILES string of the molecule is COc1ccc(CONC(=O)CO/N=C(\C(=O)O)c2csc(NC(=O)OC(C)(C)C)n2)cc1. The van der Waals surface area contributed by atoms with Gasteiger partial charge >= 0.3 is 12.1 Å². The molecule has 2 amide bonds. The van der Waals surface area contributed by atoms with Crippen molar-refractivity contribution in [2.75, 3.05) is 19.0 Å². The van der Waals surface area contributed by atoms with Gasteiger partial charge in [0.25, 0.3) is 5.91 Å². The van der Waals surface area contributed by atoms with Gasteiger partial charge in [-0.1, -0.05) is 17.3 Å². The van der Waals surface area contributed by atoms with Crippen LogP contribution in [-0.4, -0.2) is 53.1 Å². The number of carbonyl (C=O) groups is 3. The molecule has 0 saturated heterocycles. The molecule has 33 heavy (non-hydrogen) atoms. The third-order valence-electron chi connectivity index (χ3n) is 3.49. The van der Waals surface area contributed by atoms with Gasteiger partial charge in [-0.05, 0) is 38.5 Å². The van der Waals surface area contributed by atoms with Crippen molar-refractivity contribution in [1.82, 2.24) is 10.5 Å². The Hall–Kier alpha value is -3.71. The van der Waals surface area contributed by atoms with E-state index < -0.39 is 35.9 Å². The number of methoxy groups -OCH3 is 1. The van der Waals surface area contributed by atoms with Crippen molar-refractivity contribution in [3.05, 3.63) is 40.9 Å². The van der Waals surface area contributed by atoms with Crippen molar-refractivity contribution in [1.29, 1.82) is 0 Å². The van der Waals surface area contributed by atoms with Crippen LogP contribution >= 0.6 is 11.3 Å². The number of anilines is 1. The predicted molar refractivity (Wildman–Crippen MR) is 118 cm³/mol. The average molecular weight is 480 g/mol. The zero-order valence-corrected chi connectivity index (χ0v) is 19.2. The zero-order chi connectivity index (χ0) is 24.4. The van der Waals surface area contributed by atoms with Crippen molar-refractivity contribution in [2.45, 2.75) is 33.0 Å². The maximum absolute atomic E-state index is 11.8. The number of thiazole rings is 1. The molecule has 0 unspecified atom stereocenters. The van der Waals surface area contributed by atoms with E-state index in [4.69, 9.17) is 19.1 Å². The van der Waals surface area contributed by atoms with E-state index in [2.05, 4.69) is 20.9 Å². The van der Waals surface area contributed by atoms with Gasteiger partial charge in [0, 0.05) is 5.38 Å². The summed E-state index contributed by atoms with van der Waals surface area (Å²) >= 11 is 0.971. The van der Waals surface area contributed by atoms with Crippen molar-refractivity contribution in [2.24, 2.45) is 5.16 Å². The van der Waals surface area contributed by atoms with Gasteiger partial charge in [-0.15, -0.1) is 11.3 Å². The molecule has 0 radical (unpaired) electrons. The minimum atomic E-state index is -1.43. The van der Waals surface area contributed by atoms with Gasteiger partial charge in [-0.25, -0.2) is 20.1 Å². The van der Waals surface area contributed by atoms with Crippen molar-refractivity contribution in [3.63, 3.8) is 0 Å². The van der Waals surface area contributed by atoms with Crippen LogP contribution in [0.15, 0.2) is 34.8 Å². The van der Waals surface area contributed by atoms with Crippen LogP contribution in [0.3, 0.4) is 0 Å². The van der Waals surface area contributed by atoms with E-state index in [-0.39, 0.29) is 17.4 Å². The molecule has 3 N–H and O–H groups in total. The van der Waals surface area contributed by atoms with Gasteiger partial charge in [-0.3, -0.25) is 14.9 Å². The number of aliphatic carboxylic acids is 1. The summed E-state index contributed by atoms with van der Waals surface area (Å²) in [5.41, 5.74) is 1.64. The molecule has 1 heterocycles. The second-order valence-electron chi connectivity index (χ2n) is 7.35. The molecule has 2 aromatic rings. The molecule has 0 spiro atoms. The molecule has 178 valence electrons. The summed E-state index contributed by atoms with van der Waals surface area (Å²) in [4.78, 5) is 48.9. The number of rotatable bonds is 10. The second kappa shape index (κ2) is 11.8. The number of hydrogen-bond donors (Lipinski definition) is 3. The van der Waals surface area contributed by atoms with E-state index in [9.17, 15) is 19.5 Å². The Morgan fingerprint density at radius 3 is 2.48 bits per heavy atom. The first-order chi connectivity index (χ1) is 15.6. The Morgan fingerprint density at radius 1 is 1.18 bits per heavy atom. The summed E-state index contributed by atoms with van der Waals surface area (Å²) in [6, 6.07) is 7.03. The number of nitrogens with one attached hydrogen (secondary N) is 2. The number of nitrogens with zero attached hydrogens (tertiary/aromatic N) is 2. The lowest BCUT2D eigenvalue weighted by Crippen LogP contribution is -2.27. The summed E-state index contributed by atoms with van der Waals surface area (Å²) < 4.78 is 10.2. The first-order valence-electron chi connectivity index (χ1n) is 9.50.